The minimum Gasteiger partial charge on any atom is -0.481 e. The molecule has 0 unspecified atom stereocenters. The molecule has 0 fully saturated rings. The molecule has 0 atom stereocenters. The van der Waals surface area contributed by atoms with Crippen LogP contribution in [0, 0.1) is 0 Å². The topological polar surface area (TPSA) is 63.3 Å². The summed E-state index contributed by atoms with van der Waals surface area (Å²) in [7, 11) is 0. The first kappa shape index (κ1) is 12.6. The van der Waals surface area contributed by atoms with Gasteiger partial charge in [0.15, 0.2) is 5.89 Å². The summed E-state index contributed by atoms with van der Waals surface area (Å²) in [6.07, 6.45) is 2.53. The number of hydrogen-bond donors (Lipinski definition) is 1. The van der Waals surface area contributed by atoms with Gasteiger partial charge in [0.05, 0.1) is 12.6 Å². The number of carboxylic acid groups (broad SMARTS) is 1. The van der Waals surface area contributed by atoms with Crippen LogP contribution in [-0.4, -0.2) is 16.1 Å². The lowest BCUT2D eigenvalue weighted by atomic mass is 10.1. The van der Waals surface area contributed by atoms with Crippen molar-refractivity contribution in [3.8, 4) is 0 Å². The van der Waals surface area contributed by atoms with Gasteiger partial charge in [0.2, 0.25) is 0 Å². The Kier molecular flexibility index (Phi) is 3.99. The Morgan fingerprint density at radius 1 is 1.44 bits per heavy atom. The fourth-order valence-electron chi connectivity index (χ4n) is 1.60. The molecule has 2 aromatic rings. The Morgan fingerprint density at radius 2 is 2.28 bits per heavy atom. The van der Waals surface area contributed by atoms with E-state index < -0.39 is 5.97 Å². The number of carboxylic acids is 1. The molecular weight excluding hydrogens is 254 g/mol. The summed E-state index contributed by atoms with van der Waals surface area (Å²) in [5.41, 5.74) is 1.01. The zero-order chi connectivity index (χ0) is 13.0. The zero-order valence-corrected chi connectivity index (χ0v) is 10.4. The van der Waals surface area contributed by atoms with E-state index >= 15 is 0 Å². The van der Waals surface area contributed by atoms with Crippen molar-refractivity contribution in [3.63, 3.8) is 0 Å². The van der Waals surface area contributed by atoms with Crippen LogP contribution in [0.2, 0.25) is 5.02 Å². The summed E-state index contributed by atoms with van der Waals surface area (Å²) in [5, 5.41) is 9.24. The molecule has 0 aliphatic heterocycles. The summed E-state index contributed by atoms with van der Waals surface area (Å²) in [5.74, 6) is 0.315. The summed E-state index contributed by atoms with van der Waals surface area (Å²) in [6.45, 7) is 0. The van der Waals surface area contributed by atoms with Crippen LogP contribution in [0.25, 0.3) is 0 Å². The summed E-state index contributed by atoms with van der Waals surface area (Å²) >= 11 is 5.88. The molecule has 0 amide bonds. The van der Waals surface area contributed by atoms with Crippen LogP contribution in [0.5, 0.6) is 0 Å². The number of aliphatic carboxylic acids is 1. The van der Waals surface area contributed by atoms with Crippen molar-refractivity contribution < 1.29 is 14.3 Å². The van der Waals surface area contributed by atoms with Crippen LogP contribution in [-0.2, 0) is 17.6 Å². The maximum atomic E-state index is 10.4. The molecule has 0 bridgehead atoms. The number of aromatic nitrogens is 1. The van der Waals surface area contributed by atoms with Gasteiger partial charge in [-0.2, -0.15) is 0 Å². The fourth-order valence-corrected chi connectivity index (χ4v) is 1.81. The first-order valence-corrected chi connectivity index (χ1v) is 5.91. The molecule has 0 saturated heterocycles. The third-order valence-corrected chi connectivity index (χ3v) is 2.67. The number of aryl methyl sites for hydroxylation is 1. The molecule has 0 saturated carbocycles. The van der Waals surface area contributed by atoms with Crippen LogP contribution >= 0.6 is 11.6 Å². The highest BCUT2D eigenvalue weighted by atomic mass is 35.5. The molecule has 0 spiro atoms. The van der Waals surface area contributed by atoms with E-state index in [4.69, 9.17) is 21.1 Å². The summed E-state index contributed by atoms with van der Waals surface area (Å²) in [4.78, 5) is 14.5. The van der Waals surface area contributed by atoms with Crippen molar-refractivity contribution in [3.05, 3.63) is 52.7 Å². The molecule has 94 valence electrons. The Labute approximate surface area is 109 Å². The van der Waals surface area contributed by atoms with Crippen molar-refractivity contribution in [1.82, 2.24) is 4.98 Å². The van der Waals surface area contributed by atoms with Crippen molar-refractivity contribution in [2.45, 2.75) is 19.3 Å². The highest BCUT2D eigenvalue weighted by molar-refractivity contribution is 6.30. The number of benzene rings is 1. The van der Waals surface area contributed by atoms with E-state index in [2.05, 4.69) is 4.98 Å². The third-order valence-electron chi connectivity index (χ3n) is 2.43. The highest BCUT2D eigenvalue weighted by Crippen LogP contribution is 2.15. The number of rotatable bonds is 5. The van der Waals surface area contributed by atoms with E-state index in [0.717, 1.165) is 5.56 Å². The highest BCUT2D eigenvalue weighted by Gasteiger charge is 2.07. The van der Waals surface area contributed by atoms with Crippen LogP contribution < -0.4 is 0 Å². The van der Waals surface area contributed by atoms with Gasteiger partial charge in [-0.3, -0.25) is 4.79 Å². The second kappa shape index (κ2) is 5.69. The molecular formula is C13H12ClNO3. The second-order valence-corrected chi connectivity index (χ2v) is 4.36. The second-order valence-electron chi connectivity index (χ2n) is 3.92. The number of halogens is 1. The van der Waals surface area contributed by atoms with Crippen molar-refractivity contribution in [2.75, 3.05) is 0 Å². The molecule has 1 N–H and O–H groups in total. The SMILES string of the molecule is O=C(O)CCc1cnc(Cc2cccc(Cl)c2)o1. The molecule has 0 radical (unpaired) electrons. The number of hydrogen-bond acceptors (Lipinski definition) is 3. The first-order chi connectivity index (χ1) is 8.63. The van der Waals surface area contributed by atoms with E-state index in [1.165, 1.54) is 0 Å². The Morgan fingerprint density at radius 3 is 3.00 bits per heavy atom. The summed E-state index contributed by atoms with van der Waals surface area (Å²) in [6, 6.07) is 7.46. The monoisotopic (exact) mass is 265 g/mol. The van der Waals surface area contributed by atoms with Crippen LogP contribution in [0.4, 0.5) is 0 Å². The van der Waals surface area contributed by atoms with Gasteiger partial charge in [0.1, 0.15) is 5.76 Å². The van der Waals surface area contributed by atoms with Gasteiger partial charge >= 0.3 is 5.97 Å². The van der Waals surface area contributed by atoms with Gasteiger partial charge in [-0.15, -0.1) is 0 Å². The lowest BCUT2D eigenvalue weighted by molar-refractivity contribution is -0.137. The predicted molar refractivity (Wildman–Crippen MR) is 66.7 cm³/mol. The van der Waals surface area contributed by atoms with Gasteiger partial charge in [-0.25, -0.2) is 4.98 Å². The molecule has 18 heavy (non-hydrogen) atoms. The van der Waals surface area contributed by atoms with Crippen LogP contribution in [0.15, 0.2) is 34.9 Å². The fraction of sp³-hybridized carbons (Fsp3) is 0.231. The van der Waals surface area contributed by atoms with Crippen molar-refractivity contribution in [1.29, 1.82) is 0 Å². The van der Waals surface area contributed by atoms with Gasteiger partial charge in [0.25, 0.3) is 0 Å². The average molecular weight is 266 g/mol. The Balaban J connectivity index is 2.00. The van der Waals surface area contributed by atoms with Gasteiger partial charge in [-0.05, 0) is 17.7 Å². The quantitative estimate of drug-likeness (QED) is 0.903. The van der Waals surface area contributed by atoms with Crippen LogP contribution in [0.1, 0.15) is 23.6 Å². The van der Waals surface area contributed by atoms with Gasteiger partial charge in [0, 0.05) is 17.9 Å². The number of oxazole rings is 1. The minimum absolute atomic E-state index is 0.0474. The smallest absolute Gasteiger partial charge is 0.303 e. The normalized spacial score (nSPS) is 10.5. The van der Waals surface area contributed by atoms with Gasteiger partial charge < -0.3 is 9.52 Å². The maximum Gasteiger partial charge on any atom is 0.303 e. The van der Waals surface area contributed by atoms with Gasteiger partial charge in [-0.1, -0.05) is 23.7 Å². The molecule has 5 heteroatoms. The molecule has 1 heterocycles. The average Bonchev–Trinajstić information content (AvgIpc) is 2.74. The molecule has 0 aliphatic carbocycles. The van der Waals surface area contributed by atoms with Crippen molar-refractivity contribution >= 4 is 17.6 Å². The lowest BCUT2D eigenvalue weighted by Crippen LogP contribution is -1.96. The predicted octanol–water partition coefficient (Wildman–Crippen LogP) is 2.94. The van der Waals surface area contributed by atoms with E-state index in [9.17, 15) is 4.79 Å². The molecule has 4 nitrogen and oxygen atoms in total. The van der Waals surface area contributed by atoms with Crippen molar-refractivity contribution in [2.24, 2.45) is 0 Å². The number of carbonyl (C=O) groups is 1. The maximum absolute atomic E-state index is 10.4. The molecule has 1 aromatic carbocycles. The summed E-state index contributed by atoms with van der Waals surface area (Å²) < 4.78 is 5.46. The Bertz CT molecular complexity index is 551. The van der Waals surface area contributed by atoms with E-state index in [1.807, 2.05) is 18.2 Å². The lowest BCUT2D eigenvalue weighted by Gasteiger charge is -1.98. The zero-order valence-electron chi connectivity index (χ0n) is 9.60. The van der Waals surface area contributed by atoms with E-state index in [1.54, 1.807) is 12.3 Å². The standard InChI is InChI=1S/C13H12ClNO3/c14-10-3-1-2-9(6-10)7-12-15-8-11(18-12)4-5-13(16)17/h1-3,6,8H,4-5,7H2,(H,16,17). The molecule has 2 rings (SSSR count). The molecule has 1 aromatic heterocycles. The minimum atomic E-state index is -0.845. The first-order valence-electron chi connectivity index (χ1n) is 5.53. The Hall–Kier alpha value is -1.81. The van der Waals surface area contributed by atoms with E-state index in [0.29, 0.717) is 29.5 Å². The molecule has 0 aliphatic rings. The third kappa shape index (κ3) is 3.60. The largest absolute Gasteiger partial charge is 0.481 e. The number of nitrogens with zero attached hydrogens (tertiary/aromatic N) is 1. The van der Waals surface area contributed by atoms with E-state index in [-0.39, 0.29) is 6.42 Å². The van der Waals surface area contributed by atoms with Crippen LogP contribution in [0.3, 0.4) is 0 Å².